The predicted octanol–water partition coefficient (Wildman–Crippen LogP) is 12.5. The van der Waals surface area contributed by atoms with Gasteiger partial charge in [-0.05, 0) is 69.5 Å². The van der Waals surface area contributed by atoms with Gasteiger partial charge in [0.2, 0.25) is 0 Å². The Morgan fingerprint density at radius 3 is 1.11 bits per heavy atom. The second-order valence-electron chi connectivity index (χ2n) is 15.7. The van der Waals surface area contributed by atoms with Crippen LogP contribution in [-0.2, 0) is 5.41 Å². The number of hydrogen-bond donors (Lipinski definition) is 0. The minimum Gasteiger partial charge on any atom is -0.208 e. The van der Waals surface area contributed by atoms with Crippen molar-refractivity contribution in [2.75, 3.05) is 0 Å². The molecule has 0 aliphatic heterocycles. The Kier molecular flexibility index (Phi) is 8.10. The van der Waals surface area contributed by atoms with Gasteiger partial charge in [-0.2, -0.15) is 0 Å². The van der Waals surface area contributed by atoms with Gasteiger partial charge in [0.25, 0.3) is 0 Å². The average molecular weight is 781 g/mol. The molecule has 6 nitrogen and oxygen atoms in total. The topological polar surface area (TPSA) is 77.3 Å². The van der Waals surface area contributed by atoms with E-state index in [1.54, 1.807) is 0 Å². The number of nitrogens with zero attached hydrogens (tertiary/aromatic N) is 6. The molecule has 3 aliphatic rings. The van der Waals surface area contributed by atoms with Gasteiger partial charge >= 0.3 is 0 Å². The van der Waals surface area contributed by atoms with E-state index >= 15 is 0 Å². The van der Waals surface area contributed by atoms with Crippen molar-refractivity contribution in [2.24, 2.45) is 0 Å². The quantitative estimate of drug-likeness (QED) is 0.167. The molecule has 0 amide bonds. The summed E-state index contributed by atoms with van der Waals surface area (Å²) in [4.78, 5) is 30.7. The molecule has 1 spiro atoms. The van der Waals surface area contributed by atoms with Crippen LogP contribution in [0.15, 0.2) is 194 Å². The summed E-state index contributed by atoms with van der Waals surface area (Å²) in [6.07, 6.45) is 8.53. The van der Waals surface area contributed by atoms with E-state index in [2.05, 4.69) is 115 Å². The van der Waals surface area contributed by atoms with Crippen LogP contribution in [0.1, 0.15) is 40.9 Å². The highest BCUT2D eigenvalue weighted by Crippen LogP contribution is 2.63. The molecule has 9 aromatic rings. The molecular weight excluding hydrogens is 745 g/mol. The molecule has 0 bridgehead atoms. The van der Waals surface area contributed by atoms with Crippen LogP contribution in [0.4, 0.5) is 0 Å². The van der Waals surface area contributed by atoms with Gasteiger partial charge in [0, 0.05) is 33.4 Å². The molecule has 0 N–H and O–H groups in total. The molecule has 0 saturated carbocycles. The lowest BCUT2D eigenvalue weighted by atomic mass is 9.70. The molecule has 0 radical (unpaired) electrons. The maximum atomic E-state index is 5.19. The monoisotopic (exact) mass is 780 g/mol. The van der Waals surface area contributed by atoms with Crippen LogP contribution in [-0.4, -0.2) is 29.9 Å². The highest BCUT2D eigenvalue weighted by atomic mass is 15.0. The maximum Gasteiger partial charge on any atom is 0.164 e. The van der Waals surface area contributed by atoms with E-state index in [4.69, 9.17) is 29.9 Å². The van der Waals surface area contributed by atoms with E-state index in [1.807, 2.05) is 78.9 Å². The van der Waals surface area contributed by atoms with Crippen molar-refractivity contribution < 1.29 is 0 Å². The van der Waals surface area contributed by atoms with Gasteiger partial charge < -0.3 is 0 Å². The van der Waals surface area contributed by atoms with Crippen LogP contribution in [0.5, 0.6) is 0 Å². The van der Waals surface area contributed by atoms with Crippen molar-refractivity contribution in [1.29, 1.82) is 0 Å². The Morgan fingerprint density at radius 2 is 0.689 bits per heavy atom. The normalized spacial score (nSPS) is 13.9. The third-order valence-electron chi connectivity index (χ3n) is 12.2. The first-order chi connectivity index (χ1) is 30.2. The number of rotatable bonds is 6. The van der Waals surface area contributed by atoms with Gasteiger partial charge in [0.1, 0.15) is 0 Å². The molecule has 0 saturated heterocycles. The van der Waals surface area contributed by atoms with Crippen LogP contribution in [0.3, 0.4) is 0 Å². The fourth-order valence-corrected chi connectivity index (χ4v) is 9.48. The Labute approximate surface area is 353 Å². The van der Waals surface area contributed by atoms with E-state index in [9.17, 15) is 0 Å². The lowest BCUT2D eigenvalue weighted by molar-refractivity contribution is 0.794. The molecule has 7 aromatic carbocycles. The smallest absolute Gasteiger partial charge is 0.164 e. The van der Waals surface area contributed by atoms with E-state index in [0.29, 0.717) is 34.9 Å². The highest BCUT2D eigenvalue weighted by Gasteiger charge is 2.52. The standard InChI is InChI=1S/C55H36N6/c1-5-17-35(18-6-1)49-56-50(36-19-7-2-8-20-36)59-53(58-49)39-29-31-43-44-32-30-40(54-60-51(37-21-9-3-10-22-37)57-52(61-54)38-23-11-4-12-24-38)34-48(44)55(47(43)33-39)45-27-15-13-25-41(45)42-26-14-16-28-46(42)55/h1-3,5-11,13-34H,4,12H2. The molecule has 3 aliphatic carbocycles. The Bertz CT molecular complexity index is 3140. The van der Waals surface area contributed by atoms with Crippen molar-refractivity contribution in [3.05, 3.63) is 222 Å². The average Bonchev–Trinajstić information content (AvgIpc) is 3.81. The number of fused-ring (bicyclic) bond motifs is 10. The number of aromatic nitrogens is 6. The largest absolute Gasteiger partial charge is 0.208 e. The van der Waals surface area contributed by atoms with Crippen LogP contribution in [0.25, 0.3) is 84.8 Å². The maximum absolute atomic E-state index is 5.19. The lowest BCUT2D eigenvalue weighted by Crippen LogP contribution is -2.26. The molecule has 61 heavy (non-hydrogen) atoms. The summed E-state index contributed by atoms with van der Waals surface area (Å²) in [6.45, 7) is 0. The van der Waals surface area contributed by atoms with E-state index in [0.717, 1.165) is 46.2 Å². The molecular formula is C55H36N6. The summed E-state index contributed by atoms with van der Waals surface area (Å²) in [6, 6.07) is 61.7. The van der Waals surface area contributed by atoms with Crippen LogP contribution in [0, 0.1) is 0 Å². The van der Waals surface area contributed by atoms with Crippen molar-refractivity contribution in [1.82, 2.24) is 29.9 Å². The van der Waals surface area contributed by atoms with Gasteiger partial charge in [-0.25, -0.2) is 29.9 Å². The molecule has 0 fully saturated rings. The molecule has 12 rings (SSSR count). The van der Waals surface area contributed by atoms with E-state index < -0.39 is 5.41 Å². The molecule has 6 heteroatoms. The first-order valence-electron chi connectivity index (χ1n) is 20.8. The van der Waals surface area contributed by atoms with Crippen LogP contribution >= 0.6 is 0 Å². The third kappa shape index (κ3) is 5.64. The zero-order valence-electron chi connectivity index (χ0n) is 33.1. The van der Waals surface area contributed by atoms with Gasteiger partial charge in [0.05, 0.1) is 5.41 Å². The fraction of sp³-hybridized carbons (Fsp3) is 0.0545. The minimum atomic E-state index is -0.631. The van der Waals surface area contributed by atoms with Crippen molar-refractivity contribution in [3.8, 4) is 79.2 Å². The van der Waals surface area contributed by atoms with Crippen LogP contribution < -0.4 is 0 Å². The molecule has 2 heterocycles. The van der Waals surface area contributed by atoms with Crippen molar-refractivity contribution >= 4 is 5.57 Å². The predicted molar refractivity (Wildman–Crippen MR) is 243 cm³/mol. The molecule has 286 valence electrons. The fourth-order valence-electron chi connectivity index (χ4n) is 9.48. The van der Waals surface area contributed by atoms with Gasteiger partial charge in [0.15, 0.2) is 34.9 Å². The van der Waals surface area contributed by atoms with Gasteiger partial charge in [-0.15, -0.1) is 0 Å². The summed E-state index contributed by atoms with van der Waals surface area (Å²) in [5, 5.41) is 0. The summed E-state index contributed by atoms with van der Waals surface area (Å²) in [7, 11) is 0. The molecule has 0 unspecified atom stereocenters. The first kappa shape index (κ1) is 35.0. The SMILES string of the molecule is C1=CC(c2nc(-c3ccccc3)nc(-c3ccc4c(c3)C3(c5ccccc5-c5ccccc53)c3cc(-c5nc(-c6ccccc6)nc(-c6ccccc6)n5)ccc3-4)n2)=CCC1. The number of benzene rings is 7. The number of hydrogen-bond acceptors (Lipinski definition) is 6. The highest BCUT2D eigenvalue weighted by molar-refractivity contribution is 5.96. The Hall–Kier alpha value is -7.96. The Balaban J connectivity index is 1.09. The van der Waals surface area contributed by atoms with Gasteiger partial charge in [-0.3, -0.25) is 0 Å². The second-order valence-corrected chi connectivity index (χ2v) is 15.7. The summed E-state index contributed by atoms with van der Waals surface area (Å²) >= 11 is 0. The van der Waals surface area contributed by atoms with Crippen molar-refractivity contribution in [3.63, 3.8) is 0 Å². The minimum absolute atomic E-state index is 0.624. The molecule has 2 aromatic heterocycles. The van der Waals surface area contributed by atoms with E-state index in [1.165, 1.54) is 44.5 Å². The first-order valence-corrected chi connectivity index (χ1v) is 20.8. The Morgan fingerprint density at radius 1 is 0.311 bits per heavy atom. The van der Waals surface area contributed by atoms with E-state index in [-0.39, 0.29) is 0 Å². The molecule has 0 atom stereocenters. The third-order valence-corrected chi connectivity index (χ3v) is 12.2. The number of allylic oxidation sites excluding steroid dienone is 4. The summed E-state index contributed by atoms with van der Waals surface area (Å²) in [5.41, 5.74) is 14.8. The lowest BCUT2D eigenvalue weighted by Gasteiger charge is -2.31. The zero-order chi connectivity index (χ0) is 40.3. The zero-order valence-corrected chi connectivity index (χ0v) is 33.1. The second kappa shape index (κ2) is 14.1. The van der Waals surface area contributed by atoms with Crippen LogP contribution in [0.2, 0.25) is 0 Å². The summed E-state index contributed by atoms with van der Waals surface area (Å²) in [5.74, 6) is 3.87. The summed E-state index contributed by atoms with van der Waals surface area (Å²) < 4.78 is 0. The van der Waals surface area contributed by atoms with Gasteiger partial charge in [-0.1, -0.05) is 182 Å². The van der Waals surface area contributed by atoms with Crippen molar-refractivity contribution in [2.45, 2.75) is 18.3 Å².